The Kier molecular flexibility index (Phi) is 7.29. The number of fused-ring (bicyclic) bond motifs is 1. The highest BCUT2D eigenvalue weighted by molar-refractivity contribution is 6.09. The molecule has 0 saturated heterocycles. The highest BCUT2D eigenvalue weighted by atomic mass is 16.5. The topological polar surface area (TPSA) is 126 Å². The van der Waals surface area contributed by atoms with Gasteiger partial charge >= 0.3 is 5.97 Å². The predicted octanol–water partition coefficient (Wildman–Crippen LogP) is 3.68. The van der Waals surface area contributed by atoms with Crippen LogP contribution in [0.1, 0.15) is 28.7 Å². The number of benzene rings is 3. The van der Waals surface area contributed by atoms with Gasteiger partial charge in [-0.25, -0.2) is 4.98 Å². The molecule has 4 aromatic rings. The van der Waals surface area contributed by atoms with Crippen LogP contribution >= 0.6 is 0 Å². The summed E-state index contributed by atoms with van der Waals surface area (Å²) >= 11 is 0. The predicted molar refractivity (Wildman–Crippen MR) is 140 cm³/mol. The molecule has 0 aliphatic rings. The molecule has 1 aromatic heterocycles. The summed E-state index contributed by atoms with van der Waals surface area (Å²) in [5, 5.41) is 10.8. The average molecular weight is 485 g/mol. The Morgan fingerprint density at radius 2 is 1.75 bits per heavy atom. The molecule has 0 aliphatic carbocycles. The van der Waals surface area contributed by atoms with Crippen molar-refractivity contribution in [1.29, 1.82) is 5.41 Å². The van der Waals surface area contributed by atoms with Gasteiger partial charge in [0.25, 0.3) is 5.91 Å². The second-order valence-corrected chi connectivity index (χ2v) is 8.17. The first-order valence-electron chi connectivity index (χ1n) is 11.5. The van der Waals surface area contributed by atoms with Crippen molar-refractivity contribution in [2.75, 3.05) is 23.4 Å². The monoisotopic (exact) mass is 484 g/mol. The molecule has 184 valence electrons. The van der Waals surface area contributed by atoms with Crippen LogP contribution in [0, 0.1) is 5.41 Å². The fourth-order valence-corrected chi connectivity index (χ4v) is 3.87. The smallest absolute Gasteiger partial charge is 0.326 e. The minimum Gasteiger partial charge on any atom is -0.465 e. The quantitative estimate of drug-likeness (QED) is 0.189. The zero-order valence-corrected chi connectivity index (χ0v) is 20.2. The van der Waals surface area contributed by atoms with Gasteiger partial charge in [-0.05, 0) is 61.5 Å². The van der Waals surface area contributed by atoms with Crippen molar-refractivity contribution >= 4 is 40.1 Å². The third-order valence-electron chi connectivity index (χ3n) is 5.77. The summed E-state index contributed by atoms with van der Waals surface area (Å²) in [5.41, 5.74) is 9.64. The number of aryl methyl sites for hydroxylation is 1. The lowest BCUT2D eigenvalue weighted by atomic mass is 10.1. The number of amidine groups is 1. The van der Waals surface area contributed by atoms with Crippen molar-refractivity contribution in [3.05, 3.63) is 89.7 Å². The second-order valence-electron chi connectivity index (χ2n) is 8.17. The summed E-state index contributed by atoms with van der Waals surface area (Å²) in [6, 6.07) is 21.7. The Hall–Kier alpha value is -4.66. The van der Waals surface area contributed by atoms with E-state index in [0.29, 0.717) is 28.9 Å². The first kappa shape index (κ1) is 24.5. The van der Waals surface area contributed by atoms with Gasteiger partial charge in [0.2, 0.25) is 0 Å². The molecule has 4 N–H and O–H groups in total. The fourth-order valence-electron chi connectivity index (χ4n) is 3.87. The minimum absolute atomic E-state index is 0.0235. The van der Waals surface area contributed by atoms with E-state index in [1.54, 1.807) is 43.3 Å². The molecule has 0 atom stereocenters. The Bertz CT molecular complexity index is 1400. The molecule has 0 radical (unpaired) electrons. The second kappa shape index (κ2) is 10.7. The van der Waals surface area contributed by atoms with Crippen molar-refractivity contribution in [2.24, 2.45) is 12.8 Å². The summed E-state index contributed by atoms with van der Waals surface area (Å²) in [5.74, 6) is 0.0253. The van der Waals surface area contributed by atoms with Crippen LogP contribution in [0.3, 0.4) is 0 Å². The number of amides is 1. The van der Waals surface area contributed by atoms with Gasteiger partial charge in [-0.1, -0.05) is 18.2 Å². The molecular formula is C27H28N6O3. The lowest BCUT2D eigenvalue weighted by molar-refractivity contribution is -0.141. The zero-order valence-electron chi connectivity index (χ0n) is 20.2. The van der Waals surface area contributed by atoms with E-state index in [2.05, 4.69) is 5.32 Å². The van der Waals surface area contributed by atoms with Crippen LogP contribution in [0.4, 0.5) is 11.4 Å². The van der Waals surface area contributed by atoms with Crippen molar-refractivity contribution in [3.8, 4) is 0 Å². The van der Waals surface area contributed by atoms with E-state index in [1.165, 1.54) is 4.90 Å². The van der Waals surface area contributed by atoms with Crippen LogP contribution in [0.15, 0.2) is 72.8 Å². The van der Waals surface area contributed by atoms with Crippen LogP contribution in [-0.4, -0.2) is 40.4 Å². The lowest BCUT2D eigenvalue weighted by Crippen LogP contribution is -2.36. The third-order valence-corrected chi connectivity index (χ3v) is 5.77. The highest BCUT2D eigenvalue weighted by Gasteiger charge is 2.22. The summed E-state index contributed by atoms with van der Waals surface area (Å²) < 4.78 is 7.04. The van der Waals surface area contributed by atoms with E-state index in [-0.39, 0.29) is 24.9 Å². The molecular weight excluding hydrogens is 456 g/mol. The summed E-state index contributed by atoms with van der Waals surface area (Å²) in [7, 11) is 1.92. The number of esters is 1. The number of nitrogens with two attached hydrogens (primary N) is 1. The zero-order chi connectivity index (χ0) is 25.7. The Balaban J connectivity index is 1.56. The first-order chi connectivity index (χ1) is 17.4. The Morgan fingerprint density at radius 3 is 2.42 bits per heavy atom. The molecule has 3 aromatic carbocycles. The number of carbonyl (C=O) groups is 2. The van der Waals surface area contributed by atoms with Gasteiger partial charge in [-0.2, -0.15) is 0 Å². The van der Waals surface area contributed by atoms with E-state index >= 15 is 0 Å². The number of hydrogen-bond donors (Lipinski definition) is 3. The molecule has 0 unspecified atom stereocenters. The third kappa shape index (κ3) is 5.35. The van der Waals surface area contributed by atoms with Crippen LogP contribution in [0.5, 0.6) is 0 Å². The van der Waals surface area contributed by atoms with Crippen molar-refractivity contribution < 1.29 is 14.3 Å². The summed E-state index contributed by atoms with van der Waals surface area (Å²) in [6.45, 7) is 2.25. The minimum atomic E-state index is -0.474. The molecule has 36 heavy (non-hydrogen) atoms. The molecule has 0 fully saturated rings. The maximum Gasteiger partial charge on any atom is 0.326 e. The first-order valence-corrected chi connectivity index (χ1v) is 11.5. The highest BCUT2D eigenvalue weighted by Crippen LogP contribution is 2.22. The number of hydrogen-bond acceptors (Lipinski definition) is 6. The lowest BCUT2D eigenvalue weighted by Gasteiger charge is -2.22. The molecule has 1 amide bonds. The SMILES string of the molecule is CCOC(=O)CN(C(=O)c1ccc2c(c1)nc(CNc1ccc(C(=N)N)cc1)n2C)c1ccccc1. The normalized spacial score (nSPS) is 10.7. The molecule has 9 nitrogen and oxygen atoms in total. The maximum atomic E-state index is 13.5. The molecule has 9 heteroatoms. The number of imidazole rings is 1. The average Bonchev–Trinajstić information content (AvgIpc) is 3.21. The van der Waals surface area contributed by atoms with E-state index in [4.69, 9.17) is 20.9 Å². The number of carbonyl (C=O) groups excluding carboxylic acids is 2. The van der Waals surface area contributed by atoms with E-state index in [0.717, 1.165) is 17.0 Å². The molecule has 1 heterocycles. The molecule has 0 aliphatic heterocycles. The number of nitrogens with one attached hydrogen (secondary N) is 2. The van der Waals surface area contributed by atoms with Gasteiger partial charge in [0.05, 0.1) is 24.2 Å². The largest absolute Gasteiger partial charge is 0.465 e. The fraction of sp³-hybridized carbons (Fsp3) is 0.185. The van der Waals surface area contributed by atoms with E-state index in [9.17, 15) is 9.59 Å². The van der Waals surface area contributed by atoms with E-state index in [1.807, 2.05) is 48.0 Å². The van der Waals surface area contributed by atoms with Gasteiger partial charge in [-0.3, -0.25) is 19.9 Å². The number of rotatable bonds is 9. The molecule has 0 bridgehead atoms. The van der Waals surface area contributed by atoms with Crippen LogP contribution < -0.4 is 16.0 Å². The standard InChI is InChI=1S/C27H28N6O3/c1-3-36-25(34)17-33(21-7-5-4-6-8-21)27(35)19-11-14-23-22(15-19)31-24(32(23)2)16-30-20-12-9-18(10-13-20)26(28)29/h4-15,30H,3,16-17H2,1-2H3,(H3,28,29). The van der Waals surface area contributed by atoms with Crippen LogP contribution in [0.2, 0.25) is 0 Å². The number of nitrogens with zero attached hydrogens (tertiary/aromatic N) is 3. The molecule has 0 saturated carbocycles. The van der Waals surface area contributed by atoms with E-state index < -0.39 is 5.97 Å². The summed E-state index contributed by atoms with van der Waals surface area (Å²) in [6.07, 6.45) is 0. The van der Waals surface area contributed by atoms with Gasteiger partial charge in [0.15, 0.2) is 0 Å². The van der Waals surface area contributed by atoms with Crippen molar-refractivity contribution in [2.45, 2.75) is 13.5 Å². The number of para-hydroxylation sites is 1. The van der Waals surface area contributed by atoms with Crippen molar-refractivity contribution in [1.82, 2.24) is 9.55 Å². The number of aromatic nitrogens is 2. The van der Waals surface area contributed by atoms with Crippen LogP contribution in [0.25, 0.3) is 11.0 Å². The van der Waals surface area contributed by atoms with Gasteiger partial charge in [-0.15, -0.1) is 0 Å². The molecule has 4 rings (SSSR count). The summed E-state index contributed by atoms with van der Waals surface area (Å²) in [4.78, 5) is 31.8. The number of anilines is 2. The van der Waals surface area contributed by atoms with Gasteiger partial charge < -0.3 is 20.4 Å². The Morgan fingerprint density at radius 1 is 1.06 bits per heavy atom. The molecule has 0 spiro atoms. The van der Waals surface area contributed by atoms with Gasteiger partial charge in [0, 0.05) is 29.5 Å². The Labute approximate surface area is 209 Å². The maximum absolute atomic E-state index is 13.5. The van der Waals surface area contributed by atoms with Gasteiger partial charge in [0.1, 0.15) is 18.2 Å². The number of ether oxygens (including phenoxy) is 1. The van der Waals surface area contributed by atoms with Crippen molar-refractivity contribution in [3.63, 3.8) is 0 Å². The van der Waals surface area contributed by atoms with Crippen LogP contribution in [-0.2, 0) is 23.1 Å². The number of nitrogen functional groups attached to an aromatic ring is 1.